The van der Waals surface area contributed by atoms with Gasteiger partial charge in [0, 0.05) is 18.0 Å². The largest absolute Gasteiger partial charge is 0.282 e. The summed E-state index contributed by atoms with van der Waals surface area (Å²) in [5.41, 5.74) is 15.0. The van der Waals surface area contributed by atoms with E-state index in [1.807, 2.05) is 30.6 Å². The summed E-state index contributed by atoms with van der Waals surface area (Å²) in [7, 11) is 0. The van der Waals surface area contributed by atoms with Gasteiger partial charge in [-0.05, 0) is 139 Å². The molecule has 1 aliphatic rings. The zero-order chi connectivity index (χ0) is 38.2. The van der Waals surface area contributed by atoms with Crippen LogP contribution in [0.25, 0.3) is 88.4 Å². The Balaban J connectivity index is 1.21. The molecule has 0 aliphatic carbocycles. The van der Waals surface area contributed by atoms with Gasteiger partial charge in [-0.15, -0.1) is 0 Å². The first kappa shape index (κ1) is 34.3. The molecule has 1 aliphatic heterocycles. The second kappa shape index (κ2) is 14.5. The minimum atomic E-state index is -0.259. The molecule has 1 aromatic heterocycles. The maximum atomic E-state index is 4.88. The molecule has 57 heavy (non-hydrogen) atoms. The van der Waals surface area contributed by atoms with E-state index in [9.17, 15) is 0 Å². The number of hydrogen-bond donors (Lipinski definition) is 0. The van der Waals surface area contributed by atoms with Crippen LogP contribution in [0.4, 0.5) is 0 Å². The molecule has 2 nitrogen and oxygen atoms in total. The normalized spacial score (nSPS) is 15.0. The van der Waals surface area contributed by atoms with Gasteiger partial charge in [-0.2, -0.15) is 0 Å². The molecule has 8 aromatic carbocycles. The molecule has 0 radical (unpaired) electrons. The molecular weight excluding hydrogens is 689 g/mol. The van der Waals surface area contributed by atoms with Crippen molar-refractivity contribution in [3.05, 3.63) is 212 Å². The van der Waals surface area contributed by atoms with E-state index in [2.05, 4.69) is 194 Å². The van der Waals surface area contributed by atoms with Crippen LogP contribution in [0.15, 0.2) is 211 Å². The third-order valence-electron chi connectivity index (χ3n) is 11.5. The van der Waals surface area contributed by atoms with Crippen LogP contribution in [-0.4, -0.2) is 11.2 Å². The van der Waals surface area contributed by atoms with Crippen LogP contribution in [0.1, 0.15) is 18.9 Å². The summed E-state index contributed by atoms with van der Waals surface area (Å²) in [4.78, 5) is 9.51. The number of aromatic nitrogens is 1. The number of pyridine rings is 1. The van der Waals surface area contributed by atoms with E-state index < -0.39 is 0 Å². The molecule has 9 aromatic rings. The van der Waals surface area contributed by atoms with Gasteiger partial charge in [0.2, 0.25) is 0 Å². The molecule has 0 amide bonds. The van der Waals surface area contributed by atoms with Crippen LogP contribution >= 0.6 is 0 Å². The fourth-order valence-corrected chi connectivity index (χ4v) is 8.52. The minimum Gasteiger partial charge on any atom is -0.282 e. The molecule has 2 heterocycles. The Bertz CT molecular complexity index is 2890. The van der Waals surface area contributed by atoms with E-state index in [0.717, 1.165) is 17.7 Å². The third-order valence-corrected chi connectivity index (χ3v) is 11.5. The summed E-state index contributed by atoms with van der Waals surface area (Å²) >= 11 is 0. The van der Waals surface area contributed by atoms with Crippen molar-refractivity contribution in [2.45, 2.75) is 18.9 Å². The van der Waals surface area contributed by atoms with Gasteiger partial charge in [0.1, 0.15) is 0 Å². The van der Waals surface area contributed by atoms with Crippen molar-refractivity contribution in [1.29, 1.82) is 0 Å². The predicted molar refractivity (Wildman–Crippen MR) is 241 cm³/mol. The molecule has 0 saturated heterocycles. The molecule has 0 bridgehead atoms. The lowest BCUT2D eigenvalue weighted by molar-refractivity contribution is 0.504. The van der Waals surface area contributed by atoms with Crippen LogP contribution in [0.3, 0.4) is 0 Å². The summed E-state index contributed by atoms with van der Waals surface area (Å²) in [5.74, 6) is 0. The zero-order valence-corrected chi connectivity index (χ0v) is 31.8. The summed E-state index contributed by atoms with van der Waals surface area (Å²) in [6, 6.07) is 68.5. The van der Waals surface area contributed by atoms with Gasteiger partial charge in [0.15, 0.2) is 0 Å². The number of hydrogen-bond acceptors (Lipinski definition) is 2. The van der Waals surface area contributed by atoms with Gasteiger partial charge in [0.05, 0.1) is 11.2 Å². The second-order valence-electron chi connectivity index (χ2n) is 15.1. The Hall–Kier alpha value is -7.16. The highest BCUT2D eigenvalue weighted by atomic mass is 14.8. The second-order valence-corrected chi connectivity index (χ2v) is 15.1. The maximum Gasteiger partial charge on any atom is 0.0862 e. The van der Waals surface area contributed by atoms with Crippen LogP contribution in [-0.2, 0) is 5.54 Å². The number of benzene rings is 8. The topological polar surface area (TPSA) is 25.2 Å². The summed E-state index contributed by atoms with van der Waals surface area (Å²) in [5, 5.41) is 4.90. The summed E-state index contributed by atoms with van der Waals surface area (Å²) in [6.45, 7) is 2.22. The zero-order valence-electron chi connectivity index (χ0n) is 31.8. The van der Waals surface area contributed by atoms with Crippen LogP contribution in [0, 0.1) is 0 Å². The number of fused-ring (bicyclic) bond motifs is 2. The standard InChI is InChI=1S/C55H40N2/c1-55(31-11-13-33-57-55)47-28-25-42(26-29-47)53-48-18-8-9-19-49(48)54(41-23-21-40(22-24-41)52-20-10-12-32-56-52)51-37-43(27-30-50(51)53)46-35-44(38-14-4-2-5-15-38)34-45(36-46)39-16-6-3-7-17-39/h2-30,32-37H,31H2,1H3. The van der Waals surface area contributed by atoms with E-state index in [-0.39, 0.29) is 5.54 Å². The monoisotopic (exact) mass is 728 g/mol. The first-order chi connectivity index (χ1) is 28.1. The van der Waals surface area contributed by atoms with Gasteiger partial charge < -0.3 is 0 Å². The van der Waals surface area contributed by atoms with Crippen molar-refractivity contribution < 1.29 is 0 Å². The molecule has 0 saturated carbocycles. The molecule has 2 heteroatoms. The first-order valence-electron chi connectivity index (χ1n) is 19.7. The average molecular weight is 729 g/mol. The third kappa shape index (κ3) is 6.46. The fraction of sp³-hybridized carbons (Fsp3) is 0.0545. The molecular formula is C55H40N2. The van der Waals surface area contributed by atoms with Crippen molar-refractivity contribution in [3.8, 4) is 66.9 Å². The van der Waals surface area contributed by atoms with Gasteiger partial charge in [-0.25, -0.2) is 0 Å². The molecule has 0 fully saturated rings. The SMILES string of the molecule is CC1(c2ccc(-c3c4ccccc4c(-c4ccc(-c5ccccn5)cc4)c4cc(-c5cc(-c6ccccc6)cc(-c6ccccc6)c5)ccc34)cc2)CC=CC=N1. The lowest BCUT2D eigenvalue weighted by Gasteiger charge is -2.26. The number of allylic oxidation sites excluding steroid dienone is 1. The molecule has 0 N–H and O–H groups in total. The van der Waals surface area contributed by atoms with Crippen molar-refractivity contribution in [2.24, 2.45) is 4.99 Å². The number of dihydropyridines is 1. The van der Waals surface area contributed by atoms with Gasteiger partial charge >= 0.3 is 0 Å². The summed E-state index contributed by atoms with van der Waals surface area (Å²) in [6.07, 6.45) is 8.92. The van der Waals surface area contributed by atoms with E-state index in [0.29, 0.717) is 0 Å². The molecule has 0 spiro atoms. The Morgan fingerprint density at radius 1 is 0.404 bits per heavy atom. The molecule has 1 unspecified atom stereocenters. The van der Waals surface area contributed by atoms with Gasteiger partial charge in [0.25, 0.3) is 0 Å². The molecule has 1 atom stereocenters. The van der Waals surface area contributed by atoms with E-state index >= 15 is 0 Å². The number of aliphatic imine (C=N–C) groups is 1. The predicted octanol–water partition coefficient (Wildman–Crippen LogP) is 14.6. The van der Waals surface area contributed by atoms with Gasteiger partial charge in [-0.3, -0.25) is 9.98 Å². The van der Waals surface area contributed by atoms with Crippen molar-refractivity contribution in [3.63, 3.8) is 0 Å². The molecule has 270 valence electrons. The Morgan fingerprint density at radius 3 is 1.49 bits per heavy atom. The minimum absolute atomic E-state index is 0.259. The van der Waals surface area contributed by atoms with Crippen molar-refractivity contribution >= 4 is 27.8 Å². The van der Waals surface area contributed by atoms with Crippen LogP contribution in [0.5, 0.6) is 0 Å². The quantitative estimate of drug-likeness (QED) is 0.150. The van der Waals surface area contributed by atoms with Crippen LogP contribution in [0.2, 0.25) is 0 Å². The van der Waals surface area contributed by atoms with E-state index in [4.69, 9.17) is 4.99 Å². The highest BCUT2D eigenvalue weighted by Crippen LogP contribution is 2.46. The Labute approximate surface area is 334 Å². The first-order valence-corrected chi connectivity index (χ1v) is 19.7. The van der Waals surface area contributed by atoms with Crippen LogP contribution < -0.4 is 0 Å². The summed E-state index contributed by atoms with van der Waals surface area (Å²) < 4.78 is 0. The average Bonchev–Trinajstić information content (AvgIpc) is 3.29. The Kier molecular flexibility index (Phi) is 8.73. The lowest BCUT2D eigenvalue weighted by atomic mass is 9.83. The van der Waals surface area contributed by atoms with Crippen molar-refractivity contribution in [2.75, 3.05) is 0 Å². The highest BCUT2D eigenvalue weighted by Gasteiger charge is 2.25. The smallest absolute Gasteiger partial charge is 0.0862 e. The van der Waals surface area contributed by atoms with E-state index in [1.165, 1.54) is 82.7 Å². The maximum absolute atomic E-state index is 4.88. The molecule has 10 rings (SSSR count). The highest BCUT2D eigenvalue weighted by molar-refractivity contribution is 6.22. The van der Waals surface area contributed by atoms with Gasteiger partial charge in [-0.1, -0.05) is 158 Å². The lowest BCUT2D eigenvalue weighted by Crippen LogP contribution is -2.20. The van der Waals surface area contributed by atoms with E-state index in [1.54, 1.807) is 0 Å². The number of nitrogens with zero attached hydrogens (tertiary/aromatic N) is 2. The fourth-order valence-electron chi connectivity index (χ4n) is 8.52. The number of rotatable bonds is 7. The Morgan fingerprint density at radius 2 is 0.912 bits per heavy atom. The van der Waals surface area contributed by atoms with Crippen molar-refractivity contribution in [1.82, 2.24) is 4.98 Å².